The van der Waals surface area contributed by atoms with Crippen molar-refractivity contribution in [1.29, 1.82) is 0 Å². The van der Waals surface area contributed by atoms with Gasteiger partial charge in [0.05, 0.1) is 47.8 Å². The normalized spacial score (nSPS) is 20.2. The molecule has 0 spiro atoms. The van der Waals surface area contributed by atoms with E-state index >= 15 is 0 Å². The third-order valence-corrected chi connectivity index (χ3v) is 5.65. The molecule has 0 unspecified atom stereocenters. The molecule has 0 saturated carbocycles. The highest BCUT2D eigenvalue weighted by atomic mass is 16.5. The lowest BCUT2D eigenvalue weighted by Crippen LogP contribution is -2.24. The molecule has 3 rings (SSSR count). The van der Waals surface area contributed by atoms with Crippen LogP contribution < -0.4 is 18.9 Å². The molecule has 1 heterocycles. The minimum atomic E-state index is -0.303. The van der Waals surface area contributed by atoms with Crippen molar-refractivity contribution < 1.29 is 33.2 Å². The van der Waals surface area contributed by atoms with Crippen molar-refractivity contribution in [2.24, 2.45) is 11.8 Å². The van der Waals surface area contributed by atoms with Gasteiger partial charge in [0.2, 0.25) is 0 Å². The number of carbonyl (C=O) groups is 1. The van der Waals surface area contributed by atoms with Crippen LogP contribution in [0.2, 0.25) is 0 Å². The van der Waals surface area contributed by atoms with Crippen molar-refractivity contribution in [1.82, 2.24) is 0 Å². The van der Waals surface area contributed by atoms with E-state index in [1.54, 1.807) is 28.4 Å². The molecule has 2 aromatic rings. The molecule has 1 aliphatic rings. The molecular formula is C24H30O7. The fourth-order valence-electron chi connectivity index (χ4n) is 4.05. The maximum Gasteiger partial charge on any atom is 0.302 e. The molecule has 7 heteroatoms. The lowest BCUT2D eigenvalue weighted by atomic mass is 9.84. The standard InChI is InChI=1S/C24H30O7/c1-15(25)30-14-19-18(10-16-6-8-20(26-2)22(11-16)28-4)13-31-24(19)17-7-9-21(27-3)23(12-17)29-5/h6-9,11-12,18-19,24H,10,13-14H2,1-5H3/t18-,19-,24+/m0/s1. The third-order valence-electron chi connectivity index (χ3n) is 5.65. The zero-order valence-corrected chi connectivity index (χ0v) is 18.7. The van der Waals surface area contributed by atoms with E-state index in [0.29, 0.717) is 29.6 Å². The zero-order chi connectivity index (χ0) is 22.4. The summed E-state index contributed by atoms with van der Waals surface area (Å²) in [6.07, 6.45) is 0.542. The molecule has 1 fully saturated rings. The Morgan fingerprint density at radius 3 is 2.13 bits per heavy atom. The first-order valence-electron chi connectivity index (χ1n) is 10.2. The van der Waals surface area contributed by atoms with Crippen LogP contribution in [0.15, 0.2) is 36.4 Å². The van der Waals surface area contributed by atoms with Crippen molar-refractivity contribution >= 4 is 5.97 Å². The summed E-state index contributed by atoms with van der Waals surface area (Å²) in [4.78, 5) is 11.5. The smallest absolute Gasteiger partial charge is 0.302 e. The molecule has 2 aromatic carbocycles. The first-order chi connectivity index (χ1) is 15.0. The third kappa shape index (κ3) is 5.22. The monoisotopic (exact) mass is 430 g/mol. The maximum absolute atomic E-state index is 11.5. The largest absolute Gasteiger partial charge is 0.493 e. The second-order valence-electron chi connectivity index (χ2n) is 7.49. The highest BCUT2D eigenvalue weighted by molar-refractivity contribution is 5.65. The summed E-state index contributed by atoms with van der Waals surface area (Å²) < 4.78 is 33.2. The number of ether oxygens (including phenoxy) is 6. The van der Waals surface area contributed by atoms with Crippen molar-refractivity contribution in [2.75, 3.05) is 41.7 Å². The van der Waals surface area contributed by atoms with Crippen molar-refractivity contribution in [2.45, 2.75) is 19.4 Å². The van der Waals surface area contributed by atoms with Gasteiger partial charge < -0.3 is 28.4 Å². The van der Waals surface area contributed by atoms with Gasteiger partial charge in [-0.2, -0.15) is 0 Å². The summed E-state index contributed by atoms with van der Waals surface area (Å²) in [5.41, 5.74) is 2.07. The Labute approximate surface area is 183 Å². The molecule has 0 bridgehead atoms. The number of rotatable bonds is 9. The van der Waals surface area contributed by atoms with Gasteiger partial charge in [-0.3, -0.25) is 4.79 Å². The van der Waals surface area contributed by atoms with Crippen LogP contribution in [0.25, 0.3) is 0 Å². The Morgan fingerprint density at radius 2 is 1.52 bits per heavy atom. The van der Waals surface area contributed by atoms with Gasteiger partial charge in [-0.15, -0.1) is 0 Å². The van der Waals surface area contributed by atoms with E-state index in [4.69, 9.17) is 28.4 Å². The van der Waals surface area contributed by atoms with Gasteiger partial charge in [-0.25, -0.2) is 0 Å². The van der Waals surface area contributed by atoms with Crippen LogP contribution >= 0.6 is 0 Å². The van der Waals surface area contributed by atoms with Gasteiger partial charge in [0, 0.05) is 12.8 Å². The Bertz CT molecular complexity index is 895. The number of hydrogen-bond acceptors (Lipinski definition) is 7. The van der Waals surface area contributed by atoms with Crippen molar-refractivity contribution in [3.63, 3.8) is 0 Å². The molecule has 0 amide bonds. The summed E-state index contributed by atoms with van der Waals surface area (Å²) in [7, 11) is 6.45. The molecular weight excluding hydrogens is 400 g/mol. The van der Waals surface area contributed by atoms with Gasteiger partial charge in [-0.05, 0) is 47.7 Å². The summed E-state index contributed by atoms with van der Waals surface area (Å²) in [5, 5.41) is 0. The Kier molecular flexibility index (Phi) is 7.63. The van der Waals surface area contributed by atoms with Gasteiger partial charge in [0.1, 0.15) is 0 Å². The lowest BCUT2D eigenvalue weighted by molar-refractivity contribution is -0.143. The molecule has 0 aliphatic carbocycles. The number of hydrogen-bond donors (Lipinski definition) is 0. The lowest BCUT2D eigenvalue weighted by Gasteiger charge is -2.24. The number of methoxy groups -OCH3 is 4. The fraction of sp³-hybridized carbons (Fsp3) is 0.458. The van der Waals surface area contributed by atoms with Crippen LogP contribution in [0.1, 0.15) is 24.2 Å². The van der Waals surface area contributed by atoms with E-state index in [-0.39, 0.29) is 30.5 Å². The predicted molar refractivity (Wildman–Crippen MR) is 115 cm³/mol. The Morgan fingerprint density at radius 1 is 0.903 bits per heavy atom. The van der Waals surface area contributed by atoms with Gasteiger partial charge >= 0.3 is 5.97 Å². The van der Waals surface area contributed by atoms with E-state index in [9.17, 15) is 4.79 Å². The van der Waals surface area contributed by atoms with Gasteiger partial charge in [0.15, 0.2) is 23.0 Å². The number of carbonyl (C=O) groups excluding carboxylic acids is 1. The minimum Gasteiger partial charge on any atom is -0.493 e. The maximum atomic E-state index is 11.5. The Balaban J connectivity index is 1.85. The first kappa shape index (κ1) is 22.7. The first-order valence-corrected chi connectivity index (χ1v) is 10.2. The van der Waals surface area contributed by atoms with Crippen LogP contribution in [0, 0.1) is 11.8 Å². The molecule has 0 aromatic heterocycles. The van der Waals surface area contributed by atoms with Crippen LogP contribution in [-0.4, -0.2) is 47.6 Å². The van der Waals surface area contributed by atoms with Gasteiger partial charge in [-0.1, -0.05) is 12.1 Å². The van der Waals surface area contributed by atoms with Gasteiger partial charge in [0.25, 0.3) is 0 Å². The van der Waals surface area contributed by atoms with Crippen LogP contribution in [0.4, 0.5) is 0 Å². The highest BCUT2D eigenvalue weighted by Crippen LogP contribution is 2.43. The molecule has 0 radical (unpaired) electrons. The molecule has 168 valence electrons. The SMILES string of the molecule is COc1ccc(C[C@H]2CO[C@H](c3ccc(OC)c(OC)c3)[C@H]2COC(C)=O)cc1OC. The van der Waals surface area contributed by atoms with Crippen molar-refractivity contribution in [3.05, 3.63) is 47.5 Å². The second kappa shape index (κ2) is 10.4. The average Bonchev–Trinajstić information content (AvgIpc) is 3.19. The second-order valence-corrected chi connectivity index (χ2v) is 7.49. The molecule has 31 heavy (non-hydrogen) atoms. The van der Waals surface area contributed by atoms with Crippen LogP contribution in [-0.2, 0) is 20.7 Å². The predicted octanol–water partition coefficient (Wildman–Crippen LogP) is 3.83. The number of benzene rings is 2. The molecule has 7 nitrogen and oxygen atoms in total. The van der Waals surface area contributed by atoms with Crippen LogP contribution in [0.3, 0.4) is 0 Å². The Hall–Kier alpha value is -2.93. The molecule has 1 aliphatic heterocycles. The summed E-state index contributed by atoms with van der Waals surface area (Å²) >= 11 is 0. The highest BCUT2D eigenvalue weighted by Gasteiger charge is 2.39. The van der Waals surface area contributed by atoms with Crippen molar-refractivity contribution in [3.8, 4) is 23.0 Å². The summed E-state index contributed by atoms with van der Waals surface area (Å²) in [6.45, 7) is 2.26. The fourth-order valence-corrected chi connectivity index (χ4v) is 4.05. The average molecular weight is 430 g/mol. The zero-order valence-electron chi connectivity index (χ0n) is 18.7. The summed E-state index contributed by atoms with van der Waals surface area (Å²) in [5.74, 6) is 2.52. The number of esters is 1. The quantitative estimate of drug-likeness (QED) is 0.560. The molecule has 0 N–H and O–H groups in total. The summed E-state index contributed by atoms with van der Waals surface area (Å²) in [6, 6.07) is 11.6. The van der Waals surface area contributed by atoms with E-state index < -0.39 is 0 Å². The van der Waals surface area contributed by atoms with E-state index in [1.807, 2.05) is 36.4 Å². The van der Waals surface area contributed by atoms with Crippen LogP contribution in [0.5, 0.6) is 23.0 Å². The minimum absolute atomic E-state index is 0.00454. The topological polar surface area (TPSA) is 72.5 Å². The molecule has 3 atom stereocenters. The van der Waals surface area contributed by atoms with E-state index in [1.165, 1.54) is 6.92 Å². The molecule has 1 saturated heterocycles. The van der Waals surface area contributed by atoms with E-state index in [2.05, 4.69) is 0 Å². The van der Waals surface area contributed by atoms with E-state index in [0.717, 1.165) is 17.5 Å².